The van der Waals surface area contributed by atoms with E-state index >= 15 is 0 Å². The van der Waals surface area contributed by atoms with E-state index in [0.29, 0.717) is 21.5 Å². The molecule has 0 radical (unpaired) electrons. The van der Waals surface area contributed by atoms with Crippen molar-refractivity contribution >= 4 is 55.7 Å². The Labute approximate surface area is 244 Å². The number of hydrogen-bond acceptors (Lipinski definition) is 7. The monoisotopic (exact) mass is 684 g/mol. The molecule has 0 fully saturated rings. The molecule has 11 nitrogen and oxygen atoms in total. The van der Waals surface area contributed by atoms with Gasteiger partial charge in [-0.1, -0.05) is 13.0 Å². The second-order valence-corrected chi connectivity index (χ2v) is 12.5. The zero-order chi connectivity index (χ0) is 29.4. The fraction of sp³-hybridized carbons (Fsp3) is 0.308. The number of aliphatic hydroxyl groups is 1. The predicted octanol–water partition coefficient (Wildman–Crippen LogP) is 2.54. The van der Waals surface area contributed by atoms with Crippen LogP contribution >= 0.6 is 22.6 Å². The molecular formula is C26H30FIN6O5S. The molecule has 214 valence electrons. The number of hydrogen-bond donors (Lipinski definition) is 4. The summed E-state index contributed by atoms with van der Waals surface area (Å²) in [5.74, 6) is -0.655. The SMILES string of the molecule is CNS(=O)(=O)Nc1cccc(-n2c3c(c(=O)n(C[C@H](C)CO)c2=O)C(Nc2ccc(I)cc2F)=C(C)CN3C)c1. The molecule has 1 atom stereocenters. The van der Waals surface area contributed by atoms with Crippen LogP contribution in [0.1, 0.15) is 19.4 Å². The van der Waals surface area contributed by atoms with E-state index in [2.05, 4.69) is 14.8 Å². The molecule has 1 aliphatic heterocycles. The molecule has 0 saturated heterocycles. The second kappa shape index (κ2) is 11.7. The molecule has 0 amide bonds. The number of aliphatic hydroxyl groups excluding tert-OH is 1. The van der Waals surface area contributed by atoms with Crippen LogP contribution in [-0.2, 0) is 16.8 Å². The lowest BCUT2D eigenvalue weighted by atomic mass is 10.0. The minimum absolute atomic E-state index is 0.0680. The van der Waals surface area contributed by atoms with Crippen molar-refractivity contribution < 1.29 is 17.9 Å². The van der Waals surface area contributed by atoms with Crippen LogP contribution < -0.4 is 30.9 Å². The van der Waals surface area contributed by atoms with Gasteiger partial charge in [0.05, 0.1) is 22.8 Å². The first-order valence-corrected chi connectivity index (χ1v) is 14.9. The fourth-order valence-electron chi connectivity index (χ4n) is 4.52. The molecule has 0 spiro atoms. The first-order valence-electron chi connectivity index (χ1n) is 12.3. The molecule has 3 aromatic rings. The number of halogens is 2. The molecule has 2 heterocycles. The molecule has 1 aromatic heterocycles. The van der Waals surface area contributed by atoms with Gasteiger partial charge < -0.3 is 15.3 Å². The van der Waals surface area contributed by atoms with Crippen molar-refractivity contribution in [2.75, 3.05) is 42.2 Å². The Morgan fingerprint density at radius 3 is 2.55 bits per heavy atom. The molecule has 0 saturated carbocycles. The fourth-order valence-corrected chi connectivity index (χ4v) is 5.51. The van der Waals surface area contributed by atoms with Crippen molar-refractivity contribution in [2.24, 2.45) is 5.92 Å². The third kappa shape index (κ3) is 5.94. The summed E-state index contributed by atoms with van der Waals surface area (Å²) in [4.78, 5) is 29.6. The standard InChI is InChI=1S/C26H30FIN6O5S/c1-15(14-35)12-33-25(36)22-23(30-21-9-8-17(28)10-20(21)27)16(2)13-32(4)24(22)34(26(33)37)19-7-5-6-18(11-19)31-40(38,39)29-3/h5-11,15,29-31,35H,12-14H2,1-4H3/t15-/m0/s1. The normalized spacial score (nSPS) is 14.2. The lowest BCUT2D eigenvalue weighted by Gasteiger charge is -2.33. The highest BCUT2D eigenvalue weighted by atomic mass is 127. The van der Waals surface area contributed by atoms with Crippen LogP contribution in [-0.4, -0.2) is 49.9 Å². The third-order valence-electron chi connectivity index (χ3n) is 6.45. The Kier molecular flexibility index (Phi) is 8.72. The van der Waals surface area contributed by atoms with E-state index in [1.165, 1.54) is 29.8 Å². The van der Waals surface area contributed by atoms with E-state index in [4.69, 9.17) is 0 Å². The number of rotatable bonds is 9. The van der Waals surface area contributed by atoms with Gasteiger partial charge in [0.25, 0.3) is 15.8 Å². The Balaban J connectivity index is 2.02. The van der Waals surface area contributed by atoms with Crippen molar-refractivity contribution in [1.29, 1.82) is 0 Å². The Morgan fingerprint density at radius 1 is 1.18 bits per heavy atom. The largest absolute Gasteiger partial charge is 0.396 e. The van der Waals surface area contributed by atoms with Gasteiger partial charge in [-0.25, -0.2) is 18.5 Å². The molecule has 2 aromatic carbocycles. The van der Waals surface area contributed by atoms with Crippen LogP contribution in [0.25, 0.3) is 11.4 Å². The van der Waals surface area contributed by atoms with Crippen LogP contribution in [0.2, 0.25) is 0 Å². The highest BCUT2D eigenvalue weighted by Crippen LogP contribution is 2.34. The van der Waals surface area contributed by atoms with E-state index in [1.807, 2.05) is 29.5 Å². The summed E-state index contributed by atoms with van der Waals surface area (Å²) in [5, 5.41) is 12.8. The van der Waals surface area contributed by atoms with Gasteiger partial charge in [-0.15, -0.1) is 0 Å². The summed E-state index contributed by atoms with van der Waals surface area (Å²) in [6, 6.07) is 10.9. The minimum atomic E-state index is -3.84. The molecule has 0 aliphatic carbocycles. The highest BCUT2D eigenvalue weighted by molar-refractivity contribution is 14.1. The molecular weight excluding hydrogens is 654 g/mol. The number of anilines is 3. The van der Waals surface area contributed by atoms with Gasteiger partial charge in [-0.3, -0.25) is 14.1 Å². The average molecular weight is 685 g/mol. The molecule has 40 heavy (non-hydrogen) atoms. The molecule has 4 rings (SSSR count). The van der Waals surface area contributed by atoms with Crippen LogP contribution in [0, 0.1) is 15.3 Å². The number of nitrogens with zero attached hydrogens (tertiary/aromatic N) is 3. The molecule has 0 bridgehead atoms. The number of likely N-dealkylation sites (N-methyl/N-ethyl adjacent to an activating group) is 1. The maximum atomic E-state index is 14.9. The summed E-state index contributed by atoms with van der Waals surface area (Å²) in [5.41, 5.74) is 0.660. The summed E-state index contributed by atoms with van der Waals surface area (Å²) >= 11 is 2.01. The van der Waals surface area contributed by atoms with Gasteiger partial charge in [0.2, 0.25) is 0 Å². The number of nitrogens with one attached hydrogen (secondary N) is 3. The van der Waals surface area contributed by atoms with Crippen LogP contribution in [0.3, 0.4) is 0 Å². The van der Waals surface area contributed by atoms with Gasteiger partial charge in [-0.05, 0) is 77.4 Å². The topological polar surface area (TPSA) is 138 Å². The Hall–Kier alpha value is -3.21. The zero-order valence-corrected chi connectivity index (χ0v) is 25.3. The summed E-state index contributed by atoms with van der Waals surface area (Å²) in [6.07, 6.45) is 0. The number of fused-ring (bicyclic) bond motifs is 1. The van der Waals surface area contributed by atoms with Gasteiger partial charge in [0.15, 0.2) is 0 Å². The molecule has 4 N–H and O–H groups in total. The lowest BCUT2D eigenvalue weighted by Crippen LogP contribution is -2.47. The van der Waals surface area contributed by atoms with Crippen LogP contribution in [0.15, 0.2) is 57.6 Å². The van der Waals surface area contributed by atoms with Gasteiger partial charge >= 0.3 is 5.69 Å². The van der Waals surface area contributed by atoms with E-state index in [-0.39, 0.29) is 35.9 Å². The van der Waals surface area contributed by atoms with Crippen LogP contribution in [0.5, 0.6) is 0 Å². The highest BCUT2D eigenvalue weighted by Gasteiger charge is 2.31. The van der Waals surface area contributed by atoms with Gasteiger partial charge in [0, 0.05) is 37.4 Å². The van der Waals surface area contributed by atoms with Crippen molar-refractivity contribution in [1.82, 2.24) is 13.9 Å². The van der Waals surface area contributed by atoms with E-state index < -0.39 is 33.2 Å². The maximum Gasteiger partial charge on any atom is 0.337 e. The number of benzene rings is 2. The van der Waals surface area contributed by atoms with E-state index in [1.54, 1.807) is 43.1 Å². The smallest absolute Gasteiger partial charge is 0.337 e. The summed E-state index contributed by atoms with van der Waals surface area (Å²) in [6.45, 7) is 3.52. The van der Waals surface area contributed by atoms with E-state index in [9.17, 15) is 27.5 Å². The van der Waals surface area contributed by atoms with E-state index in [0.717, 1.165) is 10.1 Å². The maximum absolute atomic E-state index is 14.9. The van der Waals surface area contributed by atoms with Crippen LogP contribution in [0.4, 0.5) is 21.6 Å². The second-order valence-electron chi connectivity index (χ2n) is 9.64. The quantitative estimate of drug-likeness (QED) is 0.255. The van der Waals surface area contributed by atoms with Gasteiger partial charge in [-0.2, -0.15) is 8.42 Å². The lowest BCUT2D eigenvalue weighted by molar-refractivity contribution is 0.220. The minimum Gasteiger partial charge on any atom is -0.396 e. The Morgan fingerprint density at radius 2 is 1.90 bits per heavy atom. The van der Waals surface area contributed by atoms with Gasteiger partial charge in [0.1, 0.15) is 17.2 Å². The average Bonchev–Trinajstić information content (AvgIpc) is 2.90. The van der Waals surface area contributed by atoms with Crippen molar-refractivity contribution in [3.63, 3.8) is 0 Å². The van der Waals surface area contributed by atoms with Crippen molar-refractivity contribution in [3.05, 3.63) is 83.8 Å². The molecule has 14 heteroatoms. The van der Waals surface area contributed by atoms with Crippen molar-refractivity contribution in [2.45, 2.75) is 20.4 Å². The first-order chi connectivity index (χ1) is 18.9. The van der Waals surface area contributed by atoms with Crippen molar-refractivity contribution in [3.8, 4) is 5.69 Å². The molecule has 0 unspecified atom stereocenters. The first kappa shape index (κ1) is 29.8. The molecule has 1 aliphatic rings. The zero-order valence-electron chi connectivity index (χ0n) is 22.3. The summed E-state index contributed by atoms with van der Waals surface area (Å²) in [7, 11) is -0.842. The summed E-state index contributed by atoms with van der Waals surface area (Å²) < 4.78 is 46.7. The number of aromatic nitrogens is 2. The Bertz CT molecular complexity index is 1720. The predicted molar refractivity (Wildman–Crippen MR) is 163 cm³/mol. The third-order valence-corrected chi connectivity index (χ3v) is 8.16.